The van der Waals surface area contributed by atoms with E-state index in [0.717, 1.165) is 24.4 Å². The highest BCUT2D eigenvalue weighted by molar-refractivity contribution is 14.0. The first kappa shape index (κ1) is 23.2. The van der Waals surface area contributed by atoms with Crippen LogP contribution >= 0.6 is 35.6 Å². The number of para-hydroxylation sites is 1. The lowest BCUT2D eigenvalue weighted by Gasteiger charge is -2.20. The van der Waals surface area contributed by atoms with Crippen molar-refractivity contribution in [3.63, 3.8) is 0 Å². The minimum atomic E-state index is -0.0299. The highest BCUT2D eigenvalue weighted by atomic mass is 127. The summed E-state index contributed by atoms with van der Waals surface area (Å²) in [6.07, 6.45) is 2.75. The van der Waals surface area contributed by atoms with Crippen LogP contribution in [-0.4, -0.2) is 39.8 Å². The van der Waals surface area contributed by atoms with E-state index >= 15 is 0 Å². The number of nitrogens with one attached hydrogen (secondary N) is 2. The zero-order valence-corrected chi connectivity index (χ0v) is 19.6. The van der Waals surface area contributed by atoms with Crippen molar-refractivity contribution in [1.29, 1.82) is 0 Å². The Labute approximate surface area is 192 Å². The van der Waals surface area contributed by atoms with Crippen LogP contribution in [0.25, 0.3) is 5.65 Å². The van der Waals surface area contributed by atoms with Gasteiger partial charge in [-0.05, 0) is 37.6 Å². The van der Waals surface area contributed by atoms with Gasteiger partial charge in [-0.25, -0.2) is 4.99 Å². The fraction of sp³-hybridized carbons (Fsp3) is 0.350. The predicted molar refractivity (Wildman–Crippen MR) is 127 cm³/mol. The van der Waals surface area contributed by atoms with Crippen molar-refractivity contribution in [2.45, 2.75) is 32.9 Å². The average Bonchev–Trinajstić information content (AvgIpc) is 3.13. The normalized spacial score (nSPS) is 12.3. The molecule has 1 unspecified atom stereocenters. The van der Waals surface area contributed by atoms with Gasteiger partial charge in [-0.2, -0.15) is 0 Å². The Morgan fingerprint density at radius 3 is 2.69 bits per heavy atom. The molecule has 0 fully saturated rings. The molecular formula is C20H26ClIN6O. The van der Waals surface area contributed by atoms with Crippen LogP contribution in [-0.2, 0) is 6.54 Å². The van der Waals surface area contributed by atoms with E-state index in [1.165, 1.54) is 0 Å². The summed E-state index contributed by atoms with van der Waals surface area (Å²) in [5.41, 5.74) is 0.810. The first-order valence-electron chi connectivity index (χ1n) is 9.43. The molecule has 0 saturated heterocycles. The van der Waals surface area contributed by atoms with Crippen LogP contribution in [0.15, 0.2) is 53.7 Å². The van der Waals surface area contributed by atoms with Gasteiger partial charge in [0.05, 0.1) is 11.6 Å². The fourth-order valence-electron chi connectivity index (χ4n) is 2.69. The monoisotopic (exact) mass is 528 g/mol. The van der Waals surface area contributed by atoms with Crippen molar-refractivity contribution in [2.75, 3.05) is 13.1 Å². The van der Waals surface area contributed by atoms with Crippen LogP contribution in [0.2, 0.25) is 5.02 Å². The van der Waals surface area contributed by atoms with Crippen LogP contribution in [0.5, 0.6) is 5.75 Å². The summed E-state index contributed by atoms with van der Waals surface area (Å²) in [5, 5.41) is 15.6. The summed E-state index contributed by atoms with van der Waals surface area (Å²) in [5.74, 6) is 2.18. The molecule has 7 nitrogen and oxygen atoms in total. The maximum atomic E-state index is 6.20. The quantitative estimate of drug-likeness (QED) is 0.263. The van der Waals surface area contributed by atoms with Crippen molar-refractivity contribution in [2.24, 2.45) is 4.99 Å². The Kier molecular flexibility index (Phi) is 9.46. The molecule has 3 rings (SSSR count). The second-order valence-electron chi connectivity index (χ2n) is 6.20. The molecule has 0 radical (unpaired) electrons. The van der Waals surface area contributed by atoms with Gasteiger partial charge in [0.2, 0.25) is 0 Å². The van der Waals surface area contributed by atoms with Crippen molar-refractivity contribution in [1.82, 2.24) is 25.2 Å². The van der Waals surface area contributed by atoms with Gasteiger partial charge in [0.15, 0.2) is 17.4 Å². The lowest BCUT2D eigenvalue weighted by Crippen LogP contribution is -2.42. The molecule has 0 spiro atoms. The molecule has 9 heteroatoms. The summed E-state index contributed by atoms with van der Waals surface area (Å²) in [7, 11) is 0. The number of halogens is 2. The summed E-state index contributed by atoms with van der Waals surface area (Å²) in [4.78, 5) is 4.63. The summed E-state index contributed by atoms with van der Waals surface area (Å²) >= 11 is 6.20. The second kappa shape index (κ2) is 11.8. The van der Waals surface area contributed by atoms with Gasteiger partial charge < -0.3 is 15.4 Å². The third kappa shape index (κ3) is 6.46. The number of nitrogens with zero attached hydrogens (tertiary/aromatic N) is 4. The largest absolute Gasteiger partial charge is 0.487 e. The van der Waals surface area contributed by atoms with Crippen molar-refractivity contribution >= 4 is 47.2 Å². The molecule has 0 aliphatic carbocycles. The Morgan fingerprint density at radius 1 is 1.14 bits per heavy atom. The standard InChI is InChI=1S/C20H25ClN6O.HI/c1-3-15(28-17-10-6-5-9-16(17)21)13-23-20(22-4-2)24-14-19-26-25-18-11-7-8-12-27(18)19;/h5-12,15H,3-4,13-14H2,1-2H3,(H2,22,23,24);1H. The van der Waals surface area contributed by atoms with Gasteiger partial charge in [-0.3, -0.25) is 4.40 Å². The van der Waals surface area contributed by atoms with E-state index < -0.39 is 0 Å². The van der Waals surface area contributed by atoms with Gasteiger partial charge in [-0.15, -0.1) is 34.2 Å². The smallest absolute Gasteiger partial charge is 0.191 e. The molecule has 1 aromatic carbocycles. The average molecular weight is 529 g/mol. The van der Waals surface area contributed by atoms with Crippen molar-refractivity contribution < 1.29 is 4.74 Å². The molecule has 0 bridgehead atoms. The van der Waals surface area contributed by atoms with Crippen LogP contribution in [0.4, 0.5) is 0 Å². The topological polar surface area (TPSA) is 75.8 Å². The van der Waals surface area contributed by atoms with E-state index in [2.05, 4.69) is 32.7 Å². The summed E-state index contributed by atoms with van der Waals surface area (Å²) in [6.45, 7) is 5.89. The number of hydrogen-bond donors (Lipinski definition) is 2. The summed E-state index contributed by atoms with van der Waals surface area (Å²) in [6, 6.07) is 13.3. The van der Waals surface area contributed by atoms with E-state index in [1.807, 2.05) is 60.0 Å². The minimum Gasteiger partial charge on any atom is -0.487 e. The molecule has 0 amide bonds. The van der Waals surface area contributed by atoms with E-state index in [1.54, 1.807) is 0 Å². The Morgan fingerprint density at radius 2 is 1.93 bits per heavy atom. The molecule has 2 heterocycles. The number of aromatic nitrogens is 3. The Bertz CT molecular complexity index is 932. The Hall–Kier alpha value is -2.07. The number of rotatable bonds is 8. The van der Waals surface area contributed by atoms with Crippen LogP contribution < -0.4 is 15.4 Å². The zero-order valence-electron chi connectivity index (χ0n) is 16.5. The summed E-state index contributed by atoms with van der Waals surface area (Å²) < 4.78 is 7.96. The molecule has 0 aliphatic rings. The van der Waals surface area contributed by atoms with Crippen molar-refractivity contribution in [3.05, 3.63) is 59.5 Å². The molecule has 1 atom stereocenters. The van der Waals surface area contributed by atoms with Crippen LogP contribution in [0, 0.1) is 0 Å². The molecule has 156 valence electrons. The van der Waals surface area contributed by atoms with Gasteiger partial charge >= 0.3 is 0 Å². The highest BCUT2D eigenvalue weighted by Gasteiger charge is 2.12. The third-order valence-corrected chi connectivity index (χ3v) is 4.50. The maximum Gasteiger partial charge on any atom is 0.191 e. The molecule has 2 N–H and O–H groups in total. The van der Waals surface area contributed by atoms with E-state index in [0.29, 0.717) is 29.8 Å². The molecular weight excluding hydrogens is 503 g/mol. The number of aliphatic imine (C=N–C) groups is 1. The van der Waals surface area contributed by atoms with Gasteiger partial charge in [0, 0.05) is 12.7 Å². The molecule has 0 aliphatic heterocycles. The fourth-order valence-corrected chi connectivity index (χ4v) is 2.87. The first-order chi connectivity index (χ1) is 13.7. The lowest BCUT2D eigenvalue weighted by molar-refractivity contribution is 0.199. The number of fused-ring (bicyclic) bond motifs is 1. The van der Waals surface area contributed by atoms with Crippen LogP contribution in [0.3, 0.4) is 0 Å². The minimum absolute atomic E-state index is 0. The number of pyridine rings is 1. The molecule has 3 aromatic rings. The van der Waals surface area contributed by atoms with Gasteiger partial charge in [-0.1, -0.05) is 36.7 Å². The van der Waals surface area contributed by atoms with Gasteiger partial charge in [0.25, 0.3) is 0 Å². The van der Waals surface area contributed by atoms with E-state index in [9.17, 15) is 0 Å². The van der Waals surface area contributed by atoms with E-state index in [-0.39, 0.29) is 30.1 Å². The number of benzene rings is 1. The molecule has 0 saturated carbocycles. The third-order valence-electron chi connectivity index (χ3n) is 4.19. The van der Waals surface area contributed by atoms with E-state index in [4.69, 9.17) is 16.3 Å². The number of hydrogen-bond acceptors (Lipinski definition) is 4. The predicted octanol–water partition coefficient (Wildman–Crippen LogP) is 3.91. The van der Waals surface area contributed by atoms with Gasteiger partial charge in [0.1, 0.15) is 18.4 Å². The molecule has 2 aromatic heterocycles. The van der Waals surface area contributed by atoms with Crippen molar-refractivity contribution in [3.8, 4) is 5.75 Å². The lowest BCUT2D eigenvalue weighted by atomic mass is 10.2. The number of guanidine groups is 1. The second-order valence-corrected chi connectivity index (χ2v) is 6.61. The highest BCUT2D eigenvalue weighted by Crippen LogP contribution is 2.24. The van der Waals surface area contributed by atoms with Crippen LogP contribution in [0.1, 0.15) is 26.1 Å². The zero-order chi connectivity index (χ0) is 19.8. The number of ether oxygens (including phenoxy) is 1. The Balaban J connectivity index is 0.00000300. The maximum absolute atomic E-state index is 6.20. The molecule has 29 heavy (non-hydrogen) atoms. The first-order valence-corrected chi connectivity index (χ1v) is 9.81. The SMILES string of the molecule is CCNC(=NCc1nnc2ccccn12)NCC(CC)Oc1ccccc1Cl.I.